The number of thioether (sulfide) groups is 1. The summed E-state index contributed by atoms with van der Waals surface area (Å²) < 4.78 is 4.82. The van der Waals surface area contributed by atoms with Gasteiger partial charge in [-0.2, -0.15) is 11.8 Å². The van der Waals surface area contributed by atoms with Crippen molar-refractivity contribution >= 4 is 23.5 Å². The van der Waals surface area contributed by atoms with Crippen LogP contribution >= 0.6 is 11.8 Å². The smallest absolute Gasteiger partial charge is 0.242 e. The molecule has 0 aromatic carbocycles. The van der Waals surface area contributed by atoms with Gasteiger partial charge in [0.05, 0.1) is 6.04 Å². The maximum Gasteiger partial charge on any atom is 0.242 e. The number of hydrogen-bond donors (Lipinski definition) is 2. The Labute approximate surface area is 92.8 Å². The topological polar surface area (TPSA) is 81.2 Å². The van der Waals surface area contributed by atoms with Crippen LogP contribution in [0.5, 0.6) is 0 Å². The van der Waals surface area contributed by atoms with Gasteiger partial charge in [-0.3, -0.25) is 4.79 Å². The number of nitrogens with two attached hydrogens (primary N) is 1. The lowest BCUT2D eigenvalue weighted by atomic mass is 10.2. The Morgan fingerprint density at radius 1 is 1.80 bits per heavy atom. The normalized spacial score (nSPS) is 12.5. The highest BCUT2D eigenvalue weighted by atomic mass is 32.2. The first kappa shape index (κ1) is 12.1. The van der Waals surface area contributed by atoms with Crippen molar-refractivity contribution in [3.8, 4) is 0 Å². The van der Waals surface area contributed by atoms with Gasteiger partial charge in [-0.05, 0) is 25.4 Å². The molecule has 1 rings (SSSR count). The third kappa shape index (κ3) is 3.93. The summed E-state index contributed by atoms with van der Waals surface area (Å²) in [5.41, 5.74) is 5.67. The van der Waals surface area contributed by atoms with Crippen LogP contribution in [-0.2, 0) is 4.79 Å². The summed E-state index contributed by atoms with van der Waals surface area (Å²) in [6.45, 7) is 1.76. The van der Waals surface area contributed by atoms with Crippen LogP contribution in [-0.4, -0.2) is 29.1 Å². The first-order valence-corrected chi connectivity index (χ1v) is 6.01. The minimum absolute atomic E-state index is 0.225. The van der Waals surface area contributed by atoms with Gasteiger partial charge in [0.25, 0.3) is 0 Å². The molecule has 84 valence electrons. The Morgan fingerprint density at radius 2 is 2.53 bits per heavy atom. The van der Waals surface area contributed by atoms with Gasteiger partial charge in [-0.25, -0.2) is 0 Å². The highest BCUT2D eigenvalue weighted by molar-refractivity contribution is 7.98. The molecule has 1 amide bonds. The fourth-order valence-electron chi connectivity index (χ4n) is 1.02. The fourth-order valence-corrected chi connectivity index (χ4v) is 1.51. The van der Waals surface area contributed by atoms with Gasteiger partial charge < -0.3 is 15.6 Å². The molecule has 3 N–H and O–H groups in total. The summed E-state index contributed by atoms with van der Waals surface area (Å²) in [6.07, 6.45) is 2.63. The predicted octanol–water partition coefficient (Wildman–Crippen LogP) is 1.00. The largest absolute Gasteiger partial charge is 0.360 e. The Hall–Kier alpha value is -1.01. The lowest BCUT2D eigenvalue weighted by Gasteiger charge is -2.08. The van der Waals surface area contributed by atoms with Crippen LogP contribution in [0.15, 0.2) is 10.6 Å². The van der Waals surface area contributed by atoms with Crippen molar-refractivity contribution < 1.29 is 9.32 Å². The maximum atomic E-state index is 11.5. The second-order valence-electron chi connectivity index (χ2n) is 3.20. The van der Waals surface area contributed by atoms with Crippen LogP contribution in [0.1, 0.15) is 12.2 Å². The zero-order valence-corrected chi connectivity index (χ0v) is 9.63. The zero-order chi connectivity index (χ0) is 11.3. The summed E-state index contributed by atoms with van der Waals surface area (Å²) in [5, 5.41) is 6.24. The van der Waals surface area contributed by atoms with Crippen molar-refractivity contribution in [2.45, 2.75) is 19.4 Å². The van der Waals surface area contributed by atoms with Crippen LogP contribution in [0.2, 0.25) is 0 Å². The first-order chi connectivity index (χ1) is 7.13. The van der Waals surface area contributed by atoms with Gasteiger partial charge in [0, 0.05) is 6.07 Å². The standard InChI is InChI=1S/C9H15N3O2S/c1-6-5-8(12-14-6)11-9(13)7(10)3-4-15-2/h5,7H,3-4,10H2,1-2H3,(H,11,12,13)/t7-/m1/s1. The van der Waals surface area contributed by atoms with Gasteiger partial charge >= 0.3 is 0 Å². The molecule has 0 fully saturated rings. The minimum atomic E-state index is -0.491. The predicted molar refractivity (Wildman–Crippen MR) is 60.8 cm³/mol. The molecule has 6 heteroatoms. The molecule has 0 unspecified atom stereocenters. The first-order valence-electron chi connectivity index (χ1n) is 4.62. The number of rotatable bonds is 5. The van der Waals surface area contributed by atoms with Gasteiger partial charge in [0.2, 0.25) is 5.91 Å². The summed E-state index contributed by atoms with van der Waals surface area (Å²) in [5.74, 6) is 1.71. The number of amides is 1. The second kappa shape index (κ2) is 5.77. The summed E-state index contributed by atoms with van der Waals surface area (Å²) in [4.78, 5) is 11.5. The van der Waals surface area contributed by atoms with E-state index in [1.807, 2.05) is 6.26 Å². The zero-order valence-electron chi connectivity index (χ0n) is 8.82. The molecule has 15 heavy (non-hydrogen) atoms. The number of carbonyl (C=O) groups is 1. The monoisotopic (exact) mass is 229 g/mol. The van der Waals surface area contributed by atoms with Gasteiger partial charge in [-0.1, -0.05) is 5.16 Å². The van der Waals surface area contributed by atoms with E-state index in [-0.39, 0.29) is 5.91 Å². The molecule has 1 aromatic rings. The molecular weight excluding hydrogens is 214 g/mol. The minimum Gasteiger partial charge on any atom is -0.360 e. The SMILES string of the molecule is CSCC[C@@H](N)C(=O)Nc1cc(C)on1. The van der Waals surface area contributed by atoms with E-state index < -0.39 is 6.04 Å². The summed E-state index contributed by atoms with van der Waals surface area (Å²) in [6, 6.07) is 1.16. The summed E-state index contributed by atoms with van der Waals surface area (Å²) in [7, 11) is 0. The lowest BCUT2D eigenvalue weighted by molar-refractivity contribution is -0.117. The van der Waals surface area contributed by atoms with E-state index in [9.17, 15) is 4.79 Å². The molecule has 5 nitrogen and oxygen atoms in total. The molecule has 1 heterocycles. The van der Waals surface area contributed by atoms with Crippen LogP contribution in [0.4, 0.5) is 5.82 Å². The molecular formula is C9H15N3O2S. The van der Waals surface area contributed by atoms with E-state index in [0.717, 1.165) is 5.75 Å². The molecule has 0 spiro atoms. The number of aryl methyl sites for hydroxylation is 1. The van der Waals surface area contributed by atoms with Crippen LogP contribution in [0.25, 0.3) is 0 Å². The highest BCUT2D eigenvalue weighted by Crippen LogP contribution is 2.08. The van der Waals surface area contributed by atoms with E-state index in [2.05, 4.69) is 10.5 Å². The van der Waals surface area contributed by atoms with Gasteiger partial charge in [-0.15, -0.1) is 0 Å². The molecule has 0 aliphatic heterocycles. The Kier molecular flexibility index (Phi) is 4.64. The van der Waals surface area contributed by atoms with Gasteiger partial charge in [0.1, 0.15) is 5.76 Å². The van der Waals surface area contributed by atoms with E-state index in [1.165, 1.54) is 0 Å². The molecule has 1 aromatic heterocycles. The number of hydrogen-bond acceptors (Lipinski definition) is 5. The third-order valence-corrected chi connectivity index (χ3v) is 2.49. The molecule has 1 atom stereocenters. The average Bonchev–Trinajstić information content (AvgIpc) is 2.60. The number of carbonyl (C=O) groups excluding carboxylic acids is 1. The molecule has 0 radical (unpaired) electrons. The number of nitrogens with zero attached hydrogens (tertiary/aromatic N) is 1. The Balaban J connectivity index is 2.41. The van der Waals surface area contributed by atoms with Crippen molar-refractivity contribution in [1.82, 2.24) is 5.16 Å². The van der Waals surface area contributed by atoms with E-state index >= 15 is 0 Å². The van der Waals surface area contributed by atoms with Crippen molar-refractivity contribution in [1.29, 1.82) is 0 Å². The number of anilines is 1. The average molecular weight is 229 g/mol. The van der Waals surface area contributed by atoms with E-state index in [0.29, 0.717) is 18.0 Å². The lowest BCUT2D eigenvalue weighted by Crippen LogP contribution is -2.36. The van der Waals surface area contributed by atoms with Crippen molar-refractivity contribution in [3.63, 3.8) is 0 Å². The Bertz CT molecular complexity index is 327. The Morgan fingerprint density at radius 3 is 3.07 bits per heavy atom. The van der Waals surface area contributed by atoms with Crippen LogP contribution in [0, 0.1) is 6.92 Å². The van der Waals surface area contributed by atoms with Crippen molar-refractivity contribution in [3.05, 3.63) is 11.8 Å². The van der Waals surface area contributed by atoms with Crippen LogP contribution in [0.3, 0.4) is 0 Å². The maximum absolute atomic E-state index is 11.5. The fraction of sp³-hybridized carbons (Fsp3) is 0.556. The molecule has 0 aliphatic rings. The van der Waals surface area contributed by atoms with Gasteiger partial charge in [0.15, 0.2) is 5.82 Å². The second-order valence-corrected chi connectivity index (χ2v) is 4.19. The molecule has 0 bridgehead atoms. The van der Waals surface area contributed by atoms with Crippen molar-refractivity contribution in [2.75, 3.05) is 17.3 Å². The van der Waals surface area contributed by atoms with E-state index in [4.69, 9.17) is 10.3 Å². The third-order valence-electron chi connectivity index (χ3n) is 1.85. The number of nitrogens with one attached hydrogen (secondary N) is 1. The van der Waals surface area contributed by atoms with E-state index in [1.54, 1.807) is 24.8 Å². The van der Waals surface area contributed by atoms with Crippen molar-refractivity contribution in [2.24, 2.45) is 5.73 Å². The molecule has 0 aliphatic carbocycles. The highest BCUT2D eigenvalue weighted by Gasteiger charge is 2.14. The number of aromatic nitrogens is 1. The molecule has 0 saturated carbocycles. The summed E-state index contributed by atoms with van der Waals surface area (Å²) >= 11 is 1.66. The molecule has 0 saturated heterocycles. The van der Waals surface area contributed by atoms with Crippen LogP contribution < -0.4 is 11.1 Å². The quantitative estimate of drug-likeness (QED) is 0.787.